The normalized spacial score (nSPS) is 10.3. The summed E-state index contributed by atoms with van der Waals surface area (Å²) in [6, 6.07) is 10.5. The number of amides is 1. The Bertz CT molecular complexity index is 704. The van der Waals surface area contributed by atoms with Crippen LogP contribution in [0.25, 0.3) is 0 Å². The minimum absolute atomic E-state index is 0.191. The Labute approximate surface area is 145 Å². The third-order valence-electron chi connectivity index (χ3n) is 3.33. The third kappa shape index (κ3) is 4.53. The van der Waals surface area contributed by atoms with E-state index in [1.54, 1.807) is 32.4 Å². The molecule has 0 saturated carbocycles. The molecule has 0 radical (unpaired) electrons. The monoisotopic (exact) mass is 353 g/mol. The van der Waals surface area contributed by atoms with Crippen molar-refractivity contribution < 1.29 is 14.3 Å². The molecule has 2 aromatic carbocycles. The van der Waals surface area contributed by atoms with Gasteiger partial charge >= 0.3 is 0 Å². The van der Waals surface area contributed by atoms with E-state index in [2.05, 4.69) is 5.32 Å². The molecule has 0 fully saturated rings. The van der Waals surface area contributed by atoms with Gasteiger partial charge in [0.05, 0.1) is 24.3 Å². The van der Waals surface area contributed by atoms with Crippen molar-refractivity contribution in [2.24, 2.45) is 0 Å². The van der Waals surface area contributed by atoms with Crippen LogP contribution in [0.3, 0.4) is 0 Å². The van der Waals surface area contributed by atoms with Crippen molar-refractivity contribution in [3.8, 4) is 11.5 Å². The van der Waals surface area contributed by atoms with Gasteiger partial charge in [0.15, 0.2) is 11.5 Å². The number of nitrogens with one attached hydrogen (secondary N) is 1. The molecule has 1 amide bonds. The average Bonchev–Trinajstić information content (AvgIpc) is 2.57. The average molecular weight is 354 g/mol. The quantitative estimate of drug-likeness (QED) is 0.854. The molecule has 122 valence electrons. The maximum Gasteiger partial charge on any atom is 0.251 e. The van der Waals surface area contributed by atoms with Crippen LogP contribution in [-0.4, -0.2) is 26.7 Å². The second-order valence-corrected chi connectivity index (χ2v) is 5.64. The second kappa shape index (κ2) is 8.09. The molecule has 4 nitrogen and oxygen atoms in total. The van der Waals surface area contributed by atoms with Crippen LogP contribution in [0.4, 0.5) is 0 Å². The number of rotatable bonds is 6. The van der Waals surface area contributed by atoms with Gasteiger partial charge in [0.2, 0.25) is 0 Å². The Hall–Kier alpha value is -1.91. The first-order chi connectivity index (χ1) is 11.0. The van der Waals surface area contributed by atoms with Crippen molar-refractivity contribution in [3.05, 3.63) is 57.6 Å². The number of methoxy groups -OCH3 is 2. The van der Waals surface area contributed by atoms with E-state index in [1.807, 2.05) is 18.2 Å². The zero-order valence-corrected chi connectivity index (χ0v) is 14.4. The van der Waals surface area contributed by atoms with Crippen molar-refractivity contribution in [3.63, 3.8) is 0 Å². The lowest BCUT2D eigenvalue weighted by molar-refractivity contribution is 0.0954. The summed E-state index contributed by atoms with van der Waals surface area (Å²) in [6.07, 6.45) is 0.674. The topological polar surface area (TPSA) is 47.6 Å². The second-order valence-electron chi connectivity index (χ2n) is 4.82. The molecule has 0 aliphatic rings. The Morgan fingerprint density at radius 3 is 2.39 bits per heavy atom. The van der Waals surface area contributed by atoms with Crippen LogP contribution in [0.1, 0.15) is 15.9 Å². The number of halogens is 2. The largest absolute Gasteiger partial charge is 0.493 e. The molecular formula is C17H17Cl2NO3. The molecular weight excluding hydrogens is 337 g/mol. The molecule has 1 N–H and O–H groups in total. The molecule has 0 aliphatic carbocycles. The summed E-state index contributed by atoms with van der Waals surface area (Å²) in [5.41, 5.74) is 1.52. The Balaban J connectivity index is 1.94. The SMILES string of the molecule is COc1ccc(CCNC(=O)c2ccc(Cl)c(Cl)c2)cc1OC. The predicted molar refractivity (Wildman–Crippen MR) is 92.0 cm³/mol. The fraction of sp³-hybridized carbons (Fsp3) is 0.235. The molecule has 0 saturated heterocycles. The molecule has 0 aromatic heterocycles. The lowest BCUT2D eigenvalue weighted by Gasteiger charge is -2.10. The van der Waals surface area contributed by atoms with Gasteiger partial charge in [0, 0.05) is 12.1 Å². The molecule has 0 heterocycles. The van der Waals surface area contributed by atoms with Gasteiger partial charge in [-0.05, 0) is 42.3 Å². The van der Waals surface area contributed by atoms with E-state index < -0.39 is 0 Å². The zero-order valence-electron chi connectivity index (χ0n) is 12.9. The van der Waals surface area contributed by atoms with Crippen molar-refractivity contribution in [2.75, 3.05) is 20.8 Å². The highest BCUT2D eigenvalue weighted by Crippen LogP contribution is 2.27. The van der Waals surface area contributed by atoms with Gasteiger partial charge in [0.1, 0.15) is 0 Å². The molecule has 23 heavy (non-hydrogen) atoms. The van der Waals surface area contributed by atoms with Crippen LogP contribution in [0.2, 0.25) is 10.0 Å². The van der Waals surface area contributed by atoms with Crippen molar-refractivity contribution in [1.29, 1.82) is 0 Å². The standard InChI is InChI=1S/C17H17Cl2NO3/c1-22-15-6-3-11(9-16(15)23-2)7-8-20-17(21)12-4-5-13(18)14(19)10-12/h3-6,9-10H,7-8H2,1-2H3,(H,20,21). The highest BCUT2D eigenvalue weighted by molar-refractivity contribution is 6.42. The van der Waals surface area contributed by atoms with E-state index >= 15 is 0 Å². The van der Waals surface area contributed by atoms with Gasteiger partial charge in [-0.15, -0.1) is 0 Å². The summed E-state index contributed by atoms with van der Waals surface area (Å²) in [5, 5.41) is 3.63. The van der Waals surface area contributed by atoms with Gasteiger partial charge in [-0.3, -0.25) is 4.79 Å². The highest BCUT2D eigenvalue weighted by Gasteiger charge is 2.08. The minimum Gasteiger partial charge on any atom is -0.493 e. The lowest BCUT2D eigenvalue weighted by atomic mass is 10.1. The number of benzene rings is 2. The molecule has 0 bridgehead atoms. The van der Waals surface area contributed by atoms with Crippen LogP contribution in [0, 0.1) is 0 Å². The highest BCUT2D eigenvalue weighted by atomic mass is 35.5. The smallest absolute Gasteiger partial charge is 0.251 e. The molecule has 2 rings (SSSR count). The number of hydrogen-bond donors (Lipinski definition) is 1. The first kappa shape index (κ1) is 17.4. The van der Waals surface area contributed by atoms with E-state index in [4.69, 9.17) is 32.7 Å². The van der Waals surface area contributed by atoms with E-state index in [0.29, 0.717) is 40.1 Å². The molecule has 0 unspecified atom stereocenters. The number of carbonyl (C=O) groups excluding carboxylic acids is 1. The zero-order chi connectivity index (χ0) is 16.8. The summed E-state index contributed by atoms with van der Waals surface area (Å²) in [5.74, 6) is 1.15. The van der Waals surface area contributed by atoms with E-state index in [0.717, 1.165) is 5.56 Å². The van der Waals surface area contributed by atoms with Crippen molar-refractivity contribution in [2.45, 2.75) is 6.42 Å². The van der Waals surface area contributed by atoms with Gasteiger partial charge in [-0.2, -0.15) is 0 Å². The van der Waals surface area contributed by atoms with Crippen LogP contribution >= 0.6 is 23.2 Å². The summed E-state index contributed by atoms with van der Waals surface area (Å²) < 4.78 is 10.5. The summed E-state index contributed by atoms with van der Waals surface area (Å²) >= 11 is 11.7. The number of carbonyl (C=O) groups is 1. The number of ether oxygens (including phenoxy) is 2. The van der Waals surface area contributed by atoms with Crippen LogP contribution in [-0.2, 0) is 6.42 Å². The maximum atomic E-state index is 12.1. The molecule has 0 aliphatic heterocycles. The Morgan fingerprint density at radius 2 is 1.74 bits per heavy atom. The lowest BCUT2D eigenvalue weighted by Crippen LogP contribution is -2.25. The third-order valence-corrected chi connectivity index (χ3v) is 4.07. The van der Waals surface area contributed by atoms with E-state index in [9.17, 15) is 4.79 Å². The fourth-order valence-corrected chi connectivity index (χ4v) is 2.39. The van der Waals surface area contributed by atoms with Gasteiger partial charge in [-0.1, -0.05) is 29.3 Å². The van der Waals surface area contributed by atoms with Gasteiger partial charge < -0.3 is 14.8 Å². The fourth-order valence-electron chi connectivity index (χ4n) is 2.10. The summed E-state index contributed by atoms with van der Waals surface area (Å²) in [6.45, 7) is 0.495. The van der Waals surface area contributed by atoms with Crippen LogP contribution in [0.15, 0.2) is 36.4 Å². The van der Waals surface area contributed by atoms with Gasteiger partial charge in [-0.25, -0.2) is 0 Å². The van der Waals surface area contributed by atoms with E-state index in [1.165, 1.54) is 0 Å². The first-order valence-electron chi connectivity index (χ1n) is 6.99. The van der Waals surface area contributed by atoms with E-state index in [-0.39, 0.29) is 5.91 Å². The summed E-state index contributed by atoms with van der Waals surface area (Å²) in [7, 11) is 3.18. The van der Waals surface area contributed by atoms with Crippen LogP contribution in [0.5, 0.6) is 11.5 Å². The molecule has 0 atom stereocenters. The molecule has 6 heteroatoms. The minimum atomic E-state index is -0.191. The Morgan fingerprint density at radius 1 is 1.00 bits per heavy atom. The molecule has 2 aromatic rings. The van der Waals surface area contributed by atoms with Gasteiger partial charge in [0.25, 0.3) is 5.91 Å². The maximum absolute atomic E-state index is 12.1. The van der Waals surface area contributed by atoms with Crippen LogP contribution < -0.4 is 14.8 Å². The summed E-state index contributed by atoms with van der Waals surface area (Å²) in [4.78, 5) is 12.1. The predicted octanol–water partition coefficient (Wildman–Crippen LogP) is 3.98. The van der Waals surface area contributed by atoms with Crippen molar-refractivity contribution in [1.82, 2.24) is 5.32 Å². The van der Waals surface area contributed by atoms with Crippen molar-refractivity contribution >= 4 is 29.1 Å². The molecule has 0 spiro atoms. The first-order valence-corrected chi connectivity index (χ1v) is 7.75. The Kier molecular flexibility index (Phi) is 6.13. The number of hydrogen-bond acceptors (Lipinski definition) is 3.